The molecule has 0 saturated carbocycles. The van der Waals surface area contributed by atoms with Gasteiger partial charge in [-0.15, -0.1) is 0 Å². The summed E-state index contributed by atoms with van der Waals surface area (Å²) in [5, 5.41) is 4.41. The number of hydrogen-bond acceptors (Lipinski definition) is 5. The van der Waals surface area contributed by atoms with Gasteiger partial charge in [0.25, 0.3) is 0 Å². The average molecular weight is 273 g/mol. The standard InChI is InChI=1S/C14H19N5O/c1-11-7-16-19(8-11)12-4-6-18(9-12)14-3-5-15-13(17-14)10-20-2/h3,5,7-8,12H,4,6,9-10H2,1-2H3. The molecule has 106 valence electrons. The van der Waals surface area contributed by atoms with Gasteiger partial charge in [-0.25, -0.2) is 9.97 Å². The third-order valence-corrected chi connectivity index (χ3v) is 3.56. The summed E-state index contributed by atoms with van der Waals surface area (Å²) in [6, 6.07) is 2.38. The molecule has 1 fully saturated rings. The van der Waals surface area contributed by atoms with Gasteiger partial charge in [0, 0.05) is 32.6 Å². The van der Waals surface area contributed by atoms with E-state index < -0.39 is 0 Å². The van der Waals surface area contributed by atoms with Crippen LogP contribution < -0.4 is 4.90 Å². The Labute approximate surface area is 118 Å². The molecule has 0 aromatic carbocycles. The SMILES string of the molecule is COCc1nccc(N2CCC(n3cc(C)cn3)C2)n1. The van der Waals surface area contributed by atoms with Crippen LogP contribution in [-0.4, -0.2) is 39.9 Å². The molecule has 1 saturated heterocycles. The van der Waals surface area contributed by atoms with E-state index in [2.05, 4.69) is 37.8 Å². The third kappa shape index (κ3) is 2.65. The first-order valence-corrected chi connectivity index (χ1v) is 6.83. The van der Waals surface area contributed by atoms with Crippen molar-refractivity contribution >= 4 is 5.82 Å². The molecule has 1 atom stereocenters. The Morgan fingerprint density at radius 3 is 3.10 bits per heavy atom. The molecule has 3 heterocycles. The third-order valence-electron chi connectivity index (χ3n) is 3.56. The Hall–Kier alpha value is -1.95. The molecule has 3 rings (SSSR count). The maximum Gasteiger partial charge on any atom is 0.156 e. The van der Waals surface area contributed by atoms with Crippen LogP contribution in [0.4, 0.5) is 5.82 Å². The van der Waals surface area contributed by atoms with Crippen LogP contribution in [0, 0.1) is 6.92 Å². The number of aryl methyl sites for hydroxylation is 1. The molecule has 0 radical (unpaired) electrons. The Balaban J connectivity index is 1.72. The van der Waals surface area contributed by atoms with E-state index in [-0.39, 0.29) is 0 Å². The van der Waals surface area contributed by atoms with E-state index >= 15 is 0 Å². The molecule has 1 aliphatic heterocycles. The van der Waals surface area contributed by atoms with Crippen molar-refractivity contribution in [2.75, 3.05) is 25.1 Å². The summed E-state index contributed by atoms with van der Waals surface area (Å²) in [4.78, 5) is 11.0. The van der Waals surface area contributed by atoms with E-state index in [4.69, 9.17) is 4.74 Å². The zero-order valence-corrected chi connectivity index (χ0v) is 11.9. The summed E-state index contributed by atoms with van der Waals surface area (Å²) in [5.74, 6) is 1.70. The van der Waals surface area contributed by atoms with Crippen molar-refractivity contribution in [3.8, 4) is 0 Å². The Morgan fingerprint density at radius 2 is 2.35 bits per heavy atom. The van der Waals surface area contributed by atoms with Gasteiger partial charge in [0.2, 0.25) is 0 Å². The van der Waals surface area contributed by atoms with E-state index in [1.165, 1.54) is 5.56 Å². The first-order valence-electron chi connectivity index (χ1n) is 6.83. The molecule has 6 nitrogen and oxygen atoms in total. The van der Waals surface area contributed by atoms with Crippen LogP contribution in [0.2, 0.25) is 0 Å². The van der Waals surface area contributed by atoms with E-state index in [9.17, 15) is 0 Å². The fourth-order valence-corrected chi connectivity index (χ4v) is 2.56. The zero-order valence-electron chi connectivity index (χ0n) is 11.9. The number of nitrogens with zero attached hydrogens (tertiary/aromatic N) is 5. The second kappa shape index (κ2) is 5.58. The second-order valence-electron chi connectivity index (χ2n) is 5.15. The van der Waals surface area contributed by atoms with Crippen LogP contribution in [-0.2, 0) is 11.3 Å². The van der Waals surface area contributed by atoms with Crippen LogP contribution in [0.3, 0.4) is 0 Å². The van der Waals surface area contributed by atoms with Crippen LogP contribution in [0.25, 0.3) is 0 Å². The summed E-state index contributed by atoms with van der Waals surface area (Å²) in [6.07, 6.45) is 6.89. The number of anilines is 1. The van der Waals surface area contributed by atoms with Crippen LogP contribution >= 0.6 is 0 Å². The van der Waals surface area contributed by atoms with Gasteiger partial charge in [0.05, 0.1) is 12.2 Å². The minimum atomic E-state index is 0.421. The molecular weight excluding hydrogens is 254 g/mol. The number of aromatic nitrogens is 4. The molecule has 0 spiro atoms. The van der Waals surface area contributed by atoms with Gasteiger partial charge in [-0.1, -0.05) is 0 Å². The highest BCUT2D eigenvalue weighted by atomic mass is 16.5. The molecule has 20 heavy (non-hydrogen) atoms. The average Bonchev–Trinajstić information content (AvgIpc) is 3.08. The summed E-state index contributed by atoms with van der Waals surface area (Å²) in [7, 11) is 1.65. The normalized spacial score (nSPS) is 18.7. The van der Waals surface area contributed by atoms with Crippen molar-refractivity contribution in [3.05, 3.63) is 36.0 Å². The van der Waals surface area contributed by atoms with E-state index in [0.717, 1.165) is 31.2 Å². The van der Waals surface area contributed by atoms with E-state index in [1.54, 1.807) is 13.3 Å². The lowest BCUT2D eigenvalue weighted by atomic mass is 10.3. The molecular formula is C14H19N5O. The minimum absolute atomic E-state index is 0.421. The van der Waals surface area contributed by atoms with Crippen molar-refractivity contribution in [1.82, 2.24) is 19.7 Å². The van der Waals surface area contributed by atoms with Crippen molar-refractivity contribution < 1.29 is 4.74 Å². The van der Waals surface area contributed by atoms with Gasteiger partial charge in [-0.3, -0.25) is 4.68 Å². The first kappa shape index (κ1) is 13.1. The van der Waals surface area contributed by atoms with Crippen LogP contribution in [0.15, 0.2) is 24.7 Å². The number of hydrogen-bond donors (Lipinski definition) is 0. The Morgan fingerprint density at radius 1 is 1.45 bits per heavy atom. The summed E-state index contributed by atoms with van der Waals surface area (Å²) in [6.45, 7) is 4.44. The highest BCUT2D eigenvalue weighted by Crippen LogP contribution is 2.25. The maximum atomic E-state index is 5.08. The molecule has 6 heteroatoms. The highest BCUT2D eigenvalue weighted by Gasteiger charge is 2.25. The molecule has 1 unspecified atom stereocenters. The highest BCUT2D eigenvalue weighted by molar-refractivity contribution is 5.39. The predicted octanol–water partition coefficient (Wildman–Crippen LogP) is 1.58. The van der Waals surface area contributed by atoms with E-state index in [1.807, 2.05) is 12.3 Å². The van der Waals surface area contributed by atoms with Gasteiger partial charge in [-0.2, -0.15) is 5.10 Å². The number of ether oxygens (including phenoxy) is 1. The van der Waals surface area contributed by atoms with Gasteiger partial charge in [0.1, 0.15) is 12.4 Å². The van der Waals surface area contributed by atoms with Gasteiger partial charge < -0.3 is 9.64 Å². The lowest BCUT2D eigenvalue weighted by molar-refractivity contribution is 0.178. The molecule has 0 aliphatic carbocycles. The topological polar surface area (TPSA) is 56.1 Å². The quantitative estimate of drug-likeness (QED) is 0.846. The fraction of sp³-hybridized carbons (Fsp3) is 0.500. The number of methoxy groups -OCH3 is 1. The zero-order chi connectivity index (χ0) is 13.9. The van der Waals surface area contributed by atoms with Crippen LogP contribution in [0.1, 0.15) is 23.9 Å². The van der Waals surface area contributed by atoms with Crippen molar-refractivity contribution in [1.29, 1.82) is 0 Å². The van der Waals surface area contributed by atoms with Gasteiger partial charge in [-0.05, 0) is 25.0 Å². The maximum absolute atomic E-state index is 5.08. The first-order chi connectivity index (χ1) is 9.76. The van der Waals surface area contributed by atoms with Gasteiger partial charge in [0.15, 0.2) is 5.82 Å². The Kier molecular flexibility index (Phi) is 3.64. The van der Waals surface area contributed by atoms with E-state index in [0.29, 0.717) is 12.6 Å². The molecule has 2 aromatic rings. The Bertz CT molecular complexity index is 582. The lowest BCUT2D eigenvalue weighted by Gasteiger charge is -2.18. The summed E-state index contributed by atoms with van der Waals surface area (Å²) in [5.41, 5.74) is 1.20. The van der Waals surface area contributed by atoms with Crippen molar-refractivity contribution in [2.45, 2.75) is 26.0 Å². The molecule has 1 aliphatic rings. The fourth-order valence-electron chi connectivity index (χ4n) is 2.56. The molecule has 0 amide bonds. The number of rotatable bonds is 4. The minimum Gasteiger partial charge on any atom is -0.377 e. The lowest BCUT2D eigenvalue weighted by Crippen LogP contribution is -2.22. The van der Waals surface area contributed by atoms with Crippen molar-refractivity contribution in [3.63, 3.8) is 0 Å². The molecule has 2 aromatic heterocycles. The largest absolute Gasteiger partial charge is 0.377 e. The second-order valence-corrected chi connectivity index (χ2v) is 5.15. The predicted molar refractivity (Wildman–Crippen MR) is 75.6 cm³/mol. The molecule has 0 bridgehead atoms. The monoisotopic (exact) mass is 273 g/mol. The van der Waals surface area contributed by atoms with Gasteiger partial charge >= 0.3 is 0 Å². The van der Waals surface area contributed by atoms with Crippen molar-refractivity contribution in [2.24, 2.45) is 0 Å². The van der Waals surface area contributed by atoms with Crippen LogP contribution in [0.5, 0.6) is 0 Å². The molecule has 0 N–H and O–H groups in total. The summed E-state index contributed by atoms with van der Waals surface area (Å²) >= 11 is 0. The smallest absolute Gasteiger partial charge is 0.156 e. The summed E-state index contributed by atoms with van der Waals surface area (Å²) < 4.78 is 7.14.